The van der Waals surface area contributed by atoms with E-state index >= 15 is 0 Å². The molecule has 1 N–H and O–H groups in total. The van der Waals surface area contributed by atoms with Crippen LogP contribution in [-0.4, -0.2) is 16.2 Å². The predicted molar refractivity (Wildman–Crippen MR) is 112 cm³/mol. The van der Waals surface area contributed by atoms with Crippen LogP contribution in [0.5, 0.6) is 17.2 Å². The predicted octanol–water partition coefficient (Wildman–Crippen LogP) is 3.71. The Hall–Kier alpha value is -4.45. The molecular weight excluding hydrogens is 420 g/mol. The van der Waals surface area contributed by atoms with Gasteiger partial charge in [-0.15, -0.1) is 0 Å². The van der Waals surface area contributed by atoms with Gasteiger partial charge in [-0.3, -0.25) is 14.3 Å². The van der Waals surface area contributed by atoms with Crippen molar-refractivity contribution in [3.05, 3.63) is 98.8 Å². The molecule has 0 amide bonds. The van der Waals surface area contributed by atoms with Crippen molar-refractivity contribution in [1.29, 1.82) is 5.26 Å². The van der Waals surface area contributed by atoms with E-state index in [1.165, 1.54) is 47.2 Å². The molecule has 7 nitrogen and oxygen atoms in total. The zero-order valence-electron chi connectivity index (χ0n) is 16.5. The third-order valence-corrected chi connectivity index (χ3v) is 4.62. The first kappa shape index (κ1) is 20.8. The van der Waals surface area contributed by atoms with Gasteiger partial charge in [0.15, 0.2) is 11.5 Å². The van der Waals surface area contributed by atoms with E-state index in [0.29, 0.717) is 16.3 Å². The Morgan fingerprint density at radius 2 is 1.75 bits per heavy atom. The van der Waals surface area contributed by atoms with Crippen LogP contribution < -0.4 is 20.7 Å². The highest BCUT2D eigenvalue weighted by Crippen LogP contribution is 2.36. The van der Waals surface area contributed by atoms with Gasteiger partial charge in [0.2, 0.25) is 0 Å². The number of nitriles is 1. The van der Waals surface area contributed by atoms with E-state index in [1.54, 1.807) is 12.1 Å². The van der Waals surface area contributed by atoms with Gasteiger partial charge >= 0.3 is 5.69 Å². The molecule has 4 rings (SSSR count). The fourth-order valence-corrected chi connectivity index (χ4v) is 3.13. The first-order chi connectivity index (χ1) is 15.4. The number of hydrogen-bond donors (Lipinski definition) is 1. The Morgan fingerprint density at radius 3 is 2.53 bits per heavy atom. The smallest absolute Gasteiger partial charge is 0.328 e. The van der Waals surface area contributed by atoms with Gasteiger partial charge in [-0.25, -0.2) is 13.6 Å². The second-order valence-electron chi connectivity index (χ2n) is 6.80. The number of benzene rings is 3. The maximum Gasteiger partial charge on any atom is 0.328 e. The molecule has 0 bridgehead atoms. The average molecular weight is 435 g/mol. The van der Waals surface area contributed by atoms with Crippen molar-refractivity contribution in [2.24, 2.45) is 0 Å². The fourth-order valence-electron chi connectivity index (χ4n) is 3.13. The minimum Gasteiger partial charge on any atom is -0.488 e. The number of fused-ring (bicyclic) bond motifs is 1. The molecule has 1 heterocycles. The number of H-pyrrole nitrogens is 1. The summed E-state index contributed by atoms with van der Waals surface area (Å²) in [6, 6.07) is 14.0. The topological polar surface area (TPSA) is 97.1 Å². The van der Waals surface area contributed by atoms with Crippen molar-refractivity contribution >= 4 is 10.8 Å². The molecule has 0 aliphatic carbocycles. The molecule has 3 aromatic carbocycles. The highest BCUT2D eigenvalue weighted by Gasteiger charge is 2.13. The Labute approximate surface area is 179 Å². The largest absolute Gasteiger partial charge is 0.488 e. The SMILES string of the molecule is N#Cc1ccc2c(Oc3ccc(F)cc3OCCn3ccc(=O)[nH]c3=O)cc(F)cc2c1. The molecule has 0 saturated carbocycles. The van der Waals surface area contributed by atoms with Crippen LogP contribution in [0.3, 0.4) is 0 Å². The van der Waals surface area contributed by atoms with Crippen LogP contribution in [0.1, 0.15) is 5.56 Å². The van der Waals surface area contributed by atoms with Crippen LogP contribution in [0, 0.1) is 23.0 Å². The van der Waals surface area contributed by atoms with Gasteiger partial charge in [0.25, 0.3) is 5.56 Å². The normalized spacial score (nSPS) is 10.7. The number of ether oxygens (including phenoxy) is 2. The summed E-state index contributed by atoms with van der Waals surface area (Å²) in [5, 5.41) is 10.1. The first-order valence-corrected chi connectivity index (χ1v) is 9.46. The third-order valence-electron chi connectivity index (χ3n) is 4.62. The summed E-state index contributed by atoms with van der Waals surface area (Å²) in [6.45, 7) is 0.0621. The number of hydrogen-bond acceptors (Lipinski definition) is 5. The summed E-state index contributed by atoms with van der Waals surface area (Å²) in [5.41, 5.74) is -0.741. The van der Waals surface area contributed by atoms with Crippen molar-refractivity contribution in [3.63, 3.8) is 0 Å². The zero-order valence-corrected chi connectivity index (χ0v) is 16.5. The van der Waals surface area contributed by atoms with Crippen LogP contribution >= 0.6 is 0 Å². The van der Waals surface area contributed by atoms with E-state index < -0.39 is 22.9 Å². The standard InChI is InChI=1S/C23H15F2N3O4/c24-16-2-4-19(21(11-16)31-8-7-28-6-5-22(29)27-23(28)30)32-20-12-17(25)10-15-9-14(13-26)1-3-18(15)20/h1-6,9-12H,7-8H2,(H,27,29,30). The number of rotatable bonds is 6. The number of halogens is 2. The van der Waals surface area contributed by atoms with Crippen LogP contribution in [0.15, 0.2) is 70.4 Å². The van der Waals surface area contributed by atoms with Crippen LogP contribution in [0.4, 0.5) is 8.78 Å². The van der Waals surface area contributed by atoms with Crippen molar-refractivity contribution in [1.82, 2.24) is 9.55 Å². The molecule has 32 heavy (non-hydrogen) atoms. The van der Waals surface area contributed by atoms with E-state index in [2.05, 4.69) is 4.98 Å². The summed E-state index contributed by atoms with van der Waals surface area (Å²) in [4.78, 5) is 25.0. The van der Waals surface area contributed by atoms with Gasteiger partial charge in [-0.05, 0) is 41.8 Å². The molecule has 0 atom stereocenters. The maximum absolute atomic E-state index is 14.1. The maximum atomic E-state index is 14.1. The lowest BCUT2D eigenvalue weighted by molar-refractivity contribution is 0.282. The molecule has 9 heteroatoms. The molecular formula is C23H15F2N3O4. The third kappa shape index (κ3) is 4.49. The molecule has 0 fully saturated rings. The highest BCUT2D eigenvalue weighted by molar-refractivity contribution is 5.89. The summed E-state index contributed by atoms with van der Waals surface area (Å²) in [5.74, 6) is -0.788. The summed E-state index contributed by atoms with van der Waals surface area (Å²) in [6.07, 6.45) is 1.32. The van der Waals surface area contributed by atoms with E-state index in [4.69, 9.17) is 14.7 Å². The van der Waals surface area contributed by atoms with Crippen LogP contribution in [-0.2, 0) is 6.54 Å². The minimum absolute atomic E-state index is 0.0266. The van der Waals surface area contributed by atoms with Crippen molar-refractivity contribution in [2.45, 2.75) is 6.54 Å². The number of nitrogens with zero attached hydrogens (tertiary/aromatic N) is 2. The lowest BCUT2D eigenvalue weighted by atomic mass is 10.1. The van der Waals surface area contributed by atoms with E-state index in [-0.39, 0.29) is 30.4 Å². The first-order valence-electron chi connectivity index (χ1n) is 9.46. The zero-order chi connectivity index (χ0) is 22.7. The minimum atomic E-state index is -0.597. The summed E-state index contributed by atoms with van der Waals surface area (Å²) >= 11 is 0. The van der Waals surface area contributed by atoms with E-state index in [0.717, 1.165) is 6.07 Å². The van der Waals surface area contributed by atoms with Gasteiger partial charge in [-0.2, -0.15) is 5.26 Å². The summed E-state index contributed by atoms with van der Waals surface area (Å²) < 4.78 is 40.6. The van der Waals surface area contributed by atoms with Gasteiger partial charge in [0.1, 0.15) is 24.0 Å². The van der Waals surface area contributed by atoms with E-state index in [1.807, 2.05) is 6.07 Å². The quantitative estimate of drug-likeness (QED) is 0.498. The van der Waals surface area contributed by atoms with Gasteiger partial charge in [0, 0.05) is 29.8 Å². The van der Waals surface area contributed by atoms with E-state index in [9.17, 15) is 18.4 Å². The fraction of sp³-hybridized carbons (Fsp3) is 0.0870. The molecule has 0 spiro atoms. The van der Waals surface area contributed by atoms with Gasteiger partial charge < -0.3 is 9.47 Å². The Balaban J connectivity index is 1.61. The van der Waals surface area contributed by atoms with Crippen molar-refractivity contribution in [3.8, 4) is 23.3 Å². The Bertz CT molecular complexity index is 1470. The highest BCUT2D eigenvalue weighted by atomic mass is 19.1. The van der Waals surface area contributed by atoms with Gasteiger partial charge in [-0.1, -0.05) is 0 Å². The molecule has 1 aromatic heterocycles. The molecule has 0 unspecified atom stereocenters. The lowest BCUT2D eigenvalue weighted by Crippen LogP contribution is -2.30. The average Bonchev–Trinajstić information content (AvgIpc) is 2.76. The van der Waals surface area contributed by atoms with Crippen LogP contribution in [0.25, 0.3) is 10.8 Å². The second kappa shape index (κ2) is 8.73. The number of aromatic amines is 1. The Kier molecular flexibility index (Phi) is 5.68. The van der Waals surface area contributed by atoms with Crippen molar-refractivity contribution < 1.29 is 18.3 Å². The Morgan fingerprint density at radius 1 is 0.938 bits per heavy atom. The van der Waals surface area contributed by atoms with Gasteiger partial charge in [0.05, 0.1) is 18.2 Å². The van der Waals surface area contributed by atoms with Crippen molar-refractivity contribution in [2.75, 3.05) is 6.61 Å². The van der Waals surface area contributed by atoms with Crippen LogP contribution in [0.2, 0.25) is 0 Å². The lowest BCUT2D eigenvalue weighted by Gasteiger charge is -2.15. The monoisotopic (exact) mass is 435 g/mol. The molecule has 160 valence electrons. The molecule has 4 aromatic rings. The number of nitrogens with one attached hydrogen (secondary N) is 1. The summed E-state index contributed by atoms with van der Waals surface area (Å²) in [7, 11) is 0. The second-order valence-corrected chi connectivity index (χ2v) is 6.80. The molecule has 0 radical (unpaired) electrons. The number of aromatic nitrogens is 2. The molecule has 0 saturated heterocycles. The molecule has 0 aliphatic heterocycles. The molecule has 0 aliphatic rings.